The van der Waals surface area contributed by atoms with Gasteiger partial charge < -0.3 is 10.1 Å². The number of halogens is 3. The maximum atomic E-state index is 11.9. The summed E-state index contributed by atoms with van der Waals surface area (Å²) in [5, 5.41) is 3.25. The van der Waals surface area contributed by atoms with Gasteiger partial charge in [-0.3, -0.25) is 0 Å². The van der Waals surface area contributed by atoms with Crippen molar-refractivity contribution in [2.24, 2.45) is 11.3 Å². The highest BCUT2D eigenvalue weighted by molar-refractivity contribution is 4.80. The molecule has 0 aromatic carbocycles. The summed E-state index contributed by atoms with van der Waals surface area (Å²) in [6.07, 6.45) is -3.59. The van der Waals surface area contributed by atoms with Gasteiger partial charge in [-0.15, -0.1) is 0 Å². The topological polar surface area (TPSA) is 21.3 Å². The highest BCUT2D eigenvalue weighted by Crippen LogP contribution is 2.30. The van der Waals surface area contributed by atoms with E-state index < -0.39 is 12.8 Å². The zero-order chi connectivity index (χ0) is 13.5. The van der Waals surface area contributed by atoms with Gasteiger partial charge in [0.2, 0.25) is 0 Å². The summed E-state index contributed by atoms with van der Waals surface area (Å²) in [7, 11) is 0. The molecule has 0 fully saturated rings. The van der Waals surface area contributed by atoms with E-state index in [0.717, 1.165) is 13.1 Å². The monoisotopic (exact) mass is 255 g/mol. The van der Waals surface area contributed by atoms with Crippen molar-refractivity contribution in [3.8, 4) is 0 Å². The second-order valence-electron chi connectivity index (χ2n) is 5.01. The van der Waals surface area contributed by atoms with Crippen LogP contribution in [-0.4, -0.2) is 32.5 Å². The van der Waals surface area contributed by atoms with Crippen LogP contribution in [-0.2, 0) is 4.74 Å². The van der Waals surface area contributed by atoms with Crippen molar-refractivity contribution in [3.63, 3.8) is 0 Å². The predicted octanol–water partition coefficient (Wildman–Crippen LogP) is 3.23. The molecule has 0 aromatic rings. The lowest BCUT2D eigenvalue weighted by atomic mass is 9.76. The van der Waals surface area contributed by atoms with Gasteiger partial charge in [0.15, 0.2) is 0 Å². The Morgan fingerprint density at radius 3 is 2.24 bits per heavy atom. The average Bonchev–Trinajstić information content (AvgIpc) is 2.20. The first kappa shape index (κ1) is 16.7. The fourth-order valence-corrected chi connectivity index (χ4v) is 1.48. The molecule has 0 rings (SSSR count). The average molecular weight is 255 g/mol. The number of rotatable bonds is 8. The summed E-state index contributed by atoms with van der Waals surface area (Å²) >= 11 is 0. The van der Waals surface area contributed by atoms with Crippen LogP contribution in [0.2, 0.25) is 0 Å². The van der Waals surface area contributed by atoms with Crippen LogP contribution < -0.4 is 5.32 Å². The molecule has 2 nitrogen and oxygen atoms in total. The lowest BCUT2D eigenvalue weighted by Crippen LogP contribution is -2.37. The van der Waals surface area contributed by atoms with Crippen LogP contribution in [0.3, 0.4) is 0 Å². The normalized spacial score (nSPS) is 16.2. The lowest BCUT2D eigenvalue weighted by molar-refractivity contribution is -0.175. The molecule has 0 aliphatic heterocycles. The Balaban J connectivity index is 4.01. The molecule has 0 aliphatic carbocycles. The Labute approximate surface area is 102 Å². The molecule has 0 spiro atoms. The summed E-state index contributed by atoms with van der Waals surface area (Å²) in [6, 6.07) is 0. The van der Waals surface area contributed by atoms with Crippen LogP contribution in [0.1, 0.15) is 34.1 Å². The first-order valence-electron chi connectivity index (χ1n) is 6.06. The molecular formula is C12H24F3NO. The third-order valence-electron chi connectivity index (χ3n) is 3.26. The van der Waals surface area contributed by atoms with E-state index in [-0.39, 0.29) is 12.0 Å². The van der Waals surface area contributed by atoms with E-state index in [1.165, 1.54) is 0 Å². The fourth-order valence-electron chi connectivity index (χ4n) is 1.48. The van der Waals surface area contributed by atoms with Crippen molar-refractivity contribution in [2.75, 3.05) is 26.3 Å². The van der Waals surface area contributed by atoms with Gasteiger partial charge in [0.1, 0.15) is 6.61 Å². The molecule has 104 valence electrons. The van der Waals surface area contributed by atoms with Gasteiger partial charge >= 0.3 is 6.18 Å². The van der Waals surface area contributed by atoms with Crippen molar-refractivity contribution in [1.82, 2.24) is 5.32 Å². The summed E-state index contributed by atoms with van der Waals surface area (Å²) in [6.45, 7) is 8.94. The molecule has 0 amide bonds. The Morgan fingerprint density at radius 2 is 1.82 bits per heavy atom. The second-order valence-corrected chi connectivity index (χ2v) is 5.01. The highest BCUT2D eigenvalue weighted by Gasteiger charge is 2.30. The smallest absolute Gasteiger partial charge is 0.372 e. The molecule has 0 aliphatic rings. The molecule has 0 saturated heterocycles. The molecule has 0 aromatic heterocycles. The van der Waals surface area contributed by atoms with Crippen molar-refractivity contribution in [2.45, 2.75) is 40.3 Å². The van der Waals surface area contributed by atoms with Gasteiger partial charge in [-0.25, -0.2) is 0 Å². The molecule has 0 bridgehead atoms. The summed E-state index contributed by atoms with van der Waals surface area (Å²) in [5.74, 6) is 0.399. The molecule has 0 saturated carbocycles. The zero-order valence-electron chi connectivity index (χ0n) is 11.2. The number of alkyl halides is 3. The van der Waals surface area contributed by atoms with E-state index in [2.05, 4.69) is 30.8 Å². The first-order valence-corrected chi connectivity index (χ1v) is 6.06. The van der Waals surface area contributed by atoms with Gasteiger partial charge in [0.05, 0.1) is 0 Å². The number of hydrogen-bond donors (Lipinski definition) is 1. The van der Waals surface area contributed by atoms with Crippen LogP contribution in [0, 0.1) is 11.3 Å². The SMILES string of the molecule is CCNCC(C)(CCOCC(F)(F)F)C(C)C. The summed E-state index contributed by atoms with van der Waals surface area (Å²) in [5.41, 5.74) is -0.0262. The number of nitrogens with one attached hydrogen (secondary N) is 1. The largest absolute Gasteiger partial charge is 0.411 e. The predicted molar refractivity (Wildman–Crippen MR) is 63.0 cm³/mol. The zero-order valence-corrected chi connectivity index (χ0v) is 11.2. The molecular weight excluding hydrogens is 231 g/mol. The van der Waals surface area contributed by atoms with E-state index in [0.29, 0.717) is 12.3 Å². The van der Waals surface area contributed by atoms with Crippen molar-refractivity contribution < 1.29 is 17.9 Å². The van der Waals surface area contributed by atoms with Gasteiger partial charge in [-0.2, -0.15) is 13.2 Å². The Morgan fingerprint density at radius 1 is 1.24 bits per heavy atom. The molecule has 0 heterocycles. The standard InChI is InChI=1S/C12H24F3NO/c1-5-16-8-11(4,10(2)3)6-7-17-9-12(13,14)15/h10,16H,5-9H2,1-4H3. The minimum Gasteiger partial charge on any atom is -0.372 e. The van der Waals surface area contributed by atoms with E-state index in [4.69, 9.17) is 0 Å². The third kappa shape index (κ3) is 7.60. The van der Waals surface area contributed by atoms with Crippen molar-refractivity contribution in [1.29, 1.82) is 0 Å². The van der Waals surface area contributed by atoms with E-state index >= 15 is 0 Å². The Kier molecular flexibility index (Phi) is 7.09. The third-order valence-corrected chi connectivity index (χ3v) is 3.26. The Bertz CT molecular complexity index is 206. The second kappa shape index (κ2) is 7.21. The number of ether oxygens (including phenoxy) is 1. The summed E-state index contributed by atoms with van der Waals surface area (Å²) < 4.78 is 40.4. The maximum Gasteiger partial charge on any atom is 0.411 e. The minimum absolute atomic E-state index is 0.0262. The molecule has 1 unspecified atom stereocenters. The van der Waals surface area contributed by atoms with Crippen molar-refractivity contribution >= 4 is 0 Å². The van der Waals surface area contributed by atoms with Crippen LogP contribution >= 0.6 is 0 Å². The molecule has 0 radical (unpaired) electrons. The van der Waals surface area contributed by atoms with Gasteiger partial charge in [-0.1, -0.05) is 27.7 Å². The van der Waals surface area contributed by atoms with E-state index in [1.807, 2.05) is 6.92 Å². The van der Waals surface area contributed by atoms with Gasteiger partial charge in [0.25, 0.3) is 0 Å². The van der Waals surface area contributed by atoms with E-state index in [9.17, 15) is 13.2 Å². The molecule has 17 heavy (non-hydrogen) atoms. The number of hydrogen-bond acceptors (Lipinski definition) is 2. The molecule has 1 N–H and O–H groups in total. The quantitative estimate of drug-likeness (QED) is 0.672. The van der Waals surface area contributed by atoms with Crippen LogP contribution in [0.15, 0.2) is 0 Å². The van der Waals surface area contributed by atoms with Crippen molar-refractivity contribution in [3.05, 3.63) is 0 Å². The van der Waals surface area contributed by atoms with Gasteiger partial charge in [-0.05, 0) is 24.3 Å². The molecule has 5 heteroatoms. The summed E-state index contributed by atoms with van der Waals surface area (Å²) in [4.78, 5) is 0. The first-order chi connectivity index (χ1) is 7.71. The Hall–Kier alpha value is -0.290. The van der Waals surface area contributed by atoms with Gasteiger partial charge in [0, 0.05) is 13.2 Å². The van der Waals surface area contributed by atoms with Crippen LogP contribution in [0.5, 0.6) is 0 Å². The highest BCUT2D eigenvalue weighted by atomic mass is 19.4. The van der Waals surface area contributed by atoms with E-state index in [1.54, 1.807) is 0 Å². The van der Waals surface area contributed by atoms with Crippen LogP contribution in [0.4, 0.5) is 13.2 Å². The minimum atomic E-state index is -4.23. The van der Waals surface area contributed by atoms with Crippen LogP contribution in [0.25, 0.3) is 0 Å². The lowest BCUT2D eigenvalue weighted by Gasteiger charge is -2.34. The maximum absolute atomic E-state index is 11.9. The fraction of sp³-hybridized carbons (Fsp3) is 1.00. The molecule has 1 atom stereocenters.